The second-order valence-electron chi connectivity index (χ2n) is 4.96. The first-order valence-electron chi connectivity index (χ1n) is 6.92. The summed E-state index contributed by atoms with van der Waals surface area (Å²) in [4.78, 5) is 16.9. The summed E-state index contributed by atoms with van der Waals surface area (Å²) in [6, 6.07) is 21.3. The summed E-state index contributed by atoms with van der Waals surface area (Å²) in [5, 5.41) is 0. The molecule has 0 radical (unpaired) electrons. The minimum Gasteiger partial charge on any atom is -0.292 e. The van der Waals surface area contributed by atoms with Gasteiger partial charge in [-0.1, -0.05) is 60.7 Å². The first kappa shape index (κ1) is 13.3. The van der Waals surface area contributed by atoms with Gasteiger partial charge >= 0.3 is 0 Å². The summed E-state index contributed by atoms with van der Waals surface area (Å²) < 4.78 is 1.70. The molecule has 3 nitrogen and oxygen atoms in total. The minimum absolute atomic E-state index is 0.0230. The first-order valence-corrected chi connectivity index (χ1v) is 6.92. The fourth-order valence-electron chi connectivity index (χ4n) is 2.34. The van der Waals surface area contributed by atoms with Crippen molar-refractivity contribution in [1.29, 1.82) is 0 Å². The molecule has 0 amide bonds. The van der Waals surface area contributed by atoms with Crippen molar-refractivity contribution in [1.82, 2.24) is 9.55 Å². The predicted octanol–water partition coefficient (Wildman–Crippen LogP) is 3.27. The van der Waals surface area contributed by atoms with Gasteiger partial charge in [-0.15, -0.1) is 0 Å². The highest BCUT2D eigenvalue weighted by molar-refractivity contribution is 5.58. The number of aromatic nitrogens is 2. The highest BCUT2D eigenvalue weighted by Crippen LogP contribution is 2.15. The van der Waals surface area contributed by atoms with E-state index in [9.17, 15) is 4.79 Å². The van der Waals surface area contributed by atoms with Crippen LogP contribution in [0.2, 0.25) is 0 Å². The summed E-state index contributed by atoms with van der Waals surface area (Å²) in [7, 11) is 0. The Bertz CT molecular complexity index is 792. The standard InChI is InChI=1S/C18H16N2O/c1-14-19-17(16-10-6-3-7-11-16)12-18(21)20(14)13-15-8-4-2-5-9-15/h2-12H,13H2,1H3. The quantitative estimate of drug-likeness (QED) is 0.736. The van der Waals surface area contributed by atoms with E-state index in [0.29, 0.717) is 6.54 Å². The zero-order chi connectivity index (χ0) is 14.7. The van der Waals surface area contributed by atoms with Gasteiger partial charge in [0.1, 0.15) is 5.82 Å². The van der Waals surface area contributed by atoms with Crippen LogP contribution in [0, 0.1) is 6.92 Å². The molecular weight excluding hydrogens is 260 g/mol. The van der Waals surface area contributed by atoms with E-state index in [4.69, 9.17) is 0 Å². The molecule has 3 aromatic rings. The third kappa shape index (κ3) is 2.92. The minimum atomic E-state index is -0.0230. The van der Waals surface area contributed by atoms with Crippen LogP contribution in [0.1, 0.15) is 11.4 Å². The molecule has 0 N–H and O–H groups in total. The molecule has 0 aliphatic heterocycles. The van der Waals surface area contributed by atoms with Gasteiger partial charge in [-0.3, -0.25) is 9.36 Å². The number of hydrogen-bond acceptors (Lipinski definition) is 2. The smallest absolute Gasteiger partial charge is 0.254 e. The molecule has 21 heavy (non-hydrogen) atoms. The van der Waals surface area contributed by atoms with Gasteiger partial charge in [-0.25, -0.2) is 4.98 Å². The van der Waals surface area contributed by atoms with Gasteiger partial charge in [0.2, 0.25) is 0 Å². The van der Waals surface area contributed by atoms with Crippen molar-refractivity contribution in [3.8, 4) is 11.3 Å². The van der Waals surface area contributed by atoms with Crippen LogP contribution in [0.4, 0.5) is 0 Å². The molecule has 0 spiro atoms. The molecule has 0 fully saturated rings. The normalized spacial score (nSPS) is 10.5. The summed E-state index contributed by atoms with van der Waals surface area (Å²) in [5.74, 6) is 0.727. The van der Waals surface area contributed by atoms with E-state index in [1.165, 1.54) is 0 Å². The maximum atomic E-state index is 12.4. The fourth-order valence-corrected chi connectivity index (χ4v) is 2.34. The van der Waals surface area contributed by atoms with Crippen LogP contribution in [0.5, 0.6) is 0 Å². The van der Waals surface area contributed by atoms with E-state index >= 15 is 0 Å². The zero-order valence-electron chi connectivity index (χ0n) is 11.9. The van der Waals surface area contributed by atoms with Gasteiger partial charge < -0.3 is 0 Å². The van der Waals surface area contributed by atoms with Crippen molar-refractivity contribution < 1.29 is 0 Å². The summed E-state index contributed by atoms with van der Waals surface area (Å²) in [6.07, 6.45) is 0. The molecule has 2 aromatic carbocycles. The molecule has 1 heterocycles. The van der Waals surface area contributed by atoms with Crippen LogP contribution in [0.15, 0.2) is 71.5 Å². The van der Waals surface area contributed by atoms with Crippen molar-refractivity contribution in [3.63, 3.8) is 0 Å². The fraction of sp³-hybridized carbons (Fsp3) is 0.111. The molecule has 0 atom stereocenters. The second kappa shape index (κ2) is 5.75. The van der Waals surface area contributed by atoms with E-state index in [2.05, 4.69) is 4.98 Å². The molecule has 0 aliphatic carbocycles. The highest BCUT2D eigenvalue weighted by atomic mass is 16.1. The summed E-state index contributed by atoms with van der Waals surface area (Å²) in [5.41, 5.74) is 2.76. The van der Waals surface area contributed by atoms with Gasteiger partial charge in [-0.05, 0) is 12.5 Å². The van der Waals surface area contributed by atoms with Crippen LogP contribution < -0.4 is 5.56 Å². The first-order chi connectivity index (χ1) is 10.2. The Morgan fingerprint density at radius 2 is 1.57 bits per heavy atom. The topological polar surface area (TPSA) is 34.9 Å². The third-order valence-electron chi connectivity index (χ3n) is 3.45. The van der Waals surface area contributed by atoms with Crippen molar-refractivity contribution in [3.05, 3.63) is 88.5 Å². The summed E-state index contributed by atoms with van der Waals surface area (Å²) in [6.45, 7) is 2.42. The van der Waals surface area contributed by atoms with Gasteiger partial charge in [0.05, 0.1) is 12.2 Å². The largest absolute Gasteiger partial charge is 0.292 e. The van der Waals surface area contributed by atoms with Crippen LogP contribution in [0.25, 0.3) is 11.3 Å². The summed E-state index contributed by atoms with van der Waals surface area (Å²) >= 11 is 0. The Labute approximate surface area is 123 Å². The number of aryl methyl sites for hydroxylation is 1. The maximum Gasteiger partial charge on any atom is 0.254 e. The van der Waals surface area contributed by atoms with Crippen molar-refractivity contribution in [2.75, 3.05) is 0 Å². The van der Waals surface area contributed by atoms with Crippen molar-refractivity contribution >= 4 is 0 Å². The van der Waals surface area contributed by atoms with E-state index in [1.807, 2.05) is 67.6 Å². The van der Waals surface area contributed by atoms with Crippen molar-refractivity contribution in [2.24, 2.45) is 0 Å². The zero-order valence-corrected chi connectivity index (χ0v) is 11.9. The lowest BCUT2D eigenvalue weighted by molar-refractivity contribution is 0.702. The molecule has 0 bridgehead atoms. The van der Waals surface area contributed by atoms with Crippen molar-refractivity contribution in [2.45, 2.75) is 13.5 Å². The molecule has 0 unspecified atom stereocenters. The Kier molecular flexibility index (Phi) is 3.65. The monoisotopic (exact) mass is 276 g/mol. The maximum absolute atomic E-state index is 12.4. The lowest BCUT2D eigenvalue weighted by Gasteiger charge is -2.11. The van der Waals surface area contributed by atoms with E-state index in [1.54, 1.807) is 10.6 Å². The van der Waals surface area contributed by atoms with E-state index in [0.717, 1.165) is 22.6 Å². The predicted molar refractivity (Wildman–Crippen MR) is 84.2 cm³/mol. The number of hydrogen-bond donors (Lipinski definition) is 0. The van der Waals surface area contributed by atoms with Gasteiger partial charge in [0, 0.05) is 11.6 Å². The lowest BCUT2D eigenvalue weighted by atomic mass is 10.1. The molecule has 1 aromatic heterocycles. The van der Waals surface area contributed by atoms with Gasteiger partial charge in [-0.2, -0.15) is 0 Å². The number of nitrogens with zero attached hydrogens (tertiary/aromatic N) is 2. The highest BCUT2D eigenvalue weighted by Gasteiger charge is 2.07. The van der Waals surface area contributed by atoms with E-state index < -0.39 is 0 Å². The van der Waals surface area contributed by atoms with Gasteiger partial charge in [0.15, 0.2) is 0 Å². The molecule has 0 aliphatic rings. The molecule has 104 valence electrons. The Morgan fingerprint density at radius 3 is 2.19 bits per heavy atom. The third-order valence-corrected chi connectivity index (χ3v) is 3.45. The van der Waals surface area contributed by atoms with Crippen LogP contribution >= 0.6 is 0 Å². The molecule has 0 saturated carbocycles. The Balaban J connectivity index is 1.99. The average molecular weight is 276 g/mol. The SMILES string of the molecule is Cc1nc(-c2ccccc2)cc(=O)n1Cc1ccccc1. The van der Waals surface area contributed by atoms with E-state index in [-0.39, 0.29) is 5.56 Å². The van der Waals surface area contributed by atoms with Crippen LogP contribution in [0.3, 0.4) is 0 Å². The van der Waals surface area contributed by atoms with Gasteiger partial charge in [0.25, 0.3) is 5.56 Å². The number of rotatable bonds is 3. The number of benzene rings is 2. The molecule has 3 rings (SSSR count). The Hall–Kier alpha value is -2.68. The average Bonchev–Trinajstić information content (AvgIpc) is 2.52. The molecular formula is C18H16N2O. The van der Waals surface area contributed by atoms with Crippen LogP contribution in [-0.4, -0.2) is 9.55 Å². The van der Waals surface area contributed by atoms with Crippen LogP contribution in [-0.2, 0) is 6.54 Å². The Morgan fingerprint density at radius 1 is 0.952 bits per heavy atom. The lowest BCUT2D eigenvalue weighted by Crippen LogP contribution is -2.23. The second-order valence-corrected chi connectivity index (χ2v) is 4.96. The molecule has 0 saturated heterocycles. The molecule has 3 heteroatoms.